The quantitative estimate of drug-likeness (QED) is 0.891. The van der Waals surface area contributed by atoms with Crippen LogP contribution in [0, 0.1) is 0 Å². The third kappa shape index (κ3) is 4.17. The molecule has 1 saturated heterocycles. The lowest BCUT2D eigenvalue weighted by atomic mass is 9.96. The topological polar surface area (TPSA) is 65.5 Å². The largest absolute Gasteiger partial charge is 0.335 e. The fourth-order valence-electron chi connectivity index (χ4n) is 3.31. The van der Waals surface area contributed by atoms with Crippen molar-refractivity contribution in [2.45, 2.75) is 38.1 Å². The predicted octanol–water partition coefficient (Wildman–Crippen LogP) is 2.54. The molecule has 0 bridgehead atoms. The Balaban J connectivity index is 1.50. The number of carbonyl (C=O) groups is 2. The average molecular weight is 351 g/mol. The predicted molar refractivity (Wildman–Crippen MR) is 92.1 cm³/mol. The lowest BCUT2D eigenvalue weighted by Crippen LogP contribution is -2.54. The maximum absolute atomic E-state index is 12.4. The smallest absolute Gasteiger partial charge is 0.317 e. The molecule has 0 radical (unpaired) electrons. The summed E-state index contributed by atoms with van der Waals surface area (Å²) in [5, 5.41) is 3.62. The molecule has 0 spiro atoms. The maximum atomic E-state index is 12.4. The molecule has 3 rings (SSSR count). The Morgan fingerprint density at radius 1 is 1.08 bits per heavy atom. The SMILES string of the molecule is O=C(NC1CCCCC1)N1CCN(C(=O)c2cc(Cl)ccn2)CC1. The van der Waals surface area contributed by atoms with Gasteiger partial charge in [0.25, 0.3) is 5.91 Å². The molecule has 0 atom stereocenters. The number of hydrogen-bond acceptors (Lipinski definition) is 3. The van der Waals surface area contributed by atoms with Gasteiger partial charge in [0.1, 0.15) is 5.69 Å². The molecular formula is C17H23ClN4O2. The highest BCUT2D eigenvalue weighted by molar-refractivity contribution is 6.30. The summed E-state index contributed by atoms with van der Waals surface area (Å²) in [4.78, 5) is 32.4. The molecule has 1 aromatic heterocycles. The van der Waals surface area contributed by atoms with E-state index < -0.39 is 0 Å². The number of aromatic nitrogens is 1. The second kappa shape index (κ2) is 7.83. The molecule has 7 heteroatoms. The van der Waals surface area contributed by atoms with Crippen LogP contribution in [0.15, 0.2) is 18.3 Å². The van der Waals surface area contributed by atoms with Crippen molar-refractivity contribution < 1.29 is 9.59 Å². The van der Waals surface area contributed by atoms with Crippen LogP contribution in [0.1, 0.15) is 42.6 Å². The minimum Gasteiger partial charge on any atom is -0.335 e. The number of rotatable bonds is 2. The van der Waals surface area contributed by atoms with Crippen LogP contribution in [-0.2, 0) is 0 Å². The van der Waals surface area contributed by atoms with E-state index in [2.05, 4.69) is 10.3 Å². The van der Waals surface area contributed by atoms with Gasteiger partial charge < -0.3 is 15.1 Å². The Hall–Kier alpha value is -1.82. The Morgan fingerprint density at radius 3 is 2.42 bits per heavy atom. The van der Waals surface area contributed by atoms with Gasteiger partial charge in [-0.05, 0) is 25.0 Å². The standard InChI is InChI=1S/C17H23ClN4O2/c18-13-6-7-19-15(12-13)16(23)21-8-10-22(11-9-21)17(24)20-14-4-2-1-3-5-14/h6-7,12,14H,1-5,8-11H2,(H,20,24). The summed E-state index contributed by atoms with van der Waals surface area (Å²) in [6, 6.07) is 3.52. The van der Waals surface area contributed by atoms with E-state index in [1.165, 1.54) is 25.5 Å². The van der Waals surface area contributed by atoms with Gasteiger partial charge in [-0.3, -0.25) is 9.78 Å². The second-order valence-electron chi connectivity index (χ2n) is 6.42. The first-order valence-electron chi connectivity index (χ1n) is 8.60. The van der Waals surface area contributed by atoms with Gasteiger partial charge in [0.05, 0.1) is 0 Å². The van der Waals surface area contributed by atoms with Crippen molar-refractivity contribution >= 4 is 23.5 Å². The molecule has 0 unspecified atom stereocenters. The molecule has 0 aromatic carbocycles. The summed E-state index contributed by atoms with van der Waals surface area (Å²) in [6.45, 7) is 2.13. The van der Waals surface area contributed by atoms with Gasteiger partial charge in [0, 0.05) is 43.4 Å². The summed E-state index contributed by atoms with van der Waals surface area (Å²) in [7, 11) is 0. The van der Waals surface area contributed by atoms with E-state index in [-0.39, 0.29) is 11.9 Å². The van der Waals surface area contributed by atoms with Crippen LogP contribution < -0.4 is 5.32 Å². The molecule has 2 heterocycles. The number of urea groups is 1. The molecule has 2 fully saturated rings. The molecule has 3 amide bonds. The fraction of sp³-hybridized carbons (Fsp3) is 0.588. The van der Waals surface area contributed by atoms with Crippen molar-refractivity contribution in [2.24, 2.45) is 0 Å². The fourth-order valence-corrected chi connectivity index (χ4v) is 3.47. The maximum Gasteiger partial charge on any atom is 0.317 e. The Kier molecular flexibility index (Phi) is 5.56. The number of halogens is 1. The van der Waals surface area contributed by atoms with Gasteiger partial charge in [-0.25, -0.2) is 4.79 Å². The van der Waals surface area contributed by atoms with Gasteiger partial charge >= 0.3 is 6.03 Å². The lowest BCUT2D eigenvalue weighted by molar-refractivity contribution is 0.0657. The highest BCUT2D eigenvalue weighted by Crippen LogP contribution is 2.18. The van der Waals surface area contributed by atoms with Gasteiger partial charge in [-0.1, -0.05) is 30.9 Å². The number of piperazine rings is 1. The molecule has 1 aromatic rings. The molecule has 1 saturated carbocycles. The van der Waals surface area contributed by atoms with E-state index >= 15 is 0 Å². The number of nitrogens with zero attached hydrogens (tertiary/aromatic N) is 3. The van der Waals surface area contributed by atoms with E-state index in [1.807, 2.05) is 0 Å². The minimum absolute atomic E-state index is 0.00474. The van der Waals surface area contributed by atoms with Crippen LogP contribution >= 0.6 is 11.6 Å². The molecule has 2 aliphatic rings. The lowest BCUT2D eigenvalue weighted by Gasteiger charge is -2.35. The number of amides is 3. The number of nitrogens with one attached hydrogen (secondary N) is 1. The van der Waals surface area contributed by atoms with Crippen LogP contribution in [0.25, 0.3) is 0 Å². The van der Waals surface area contributed by atoms with Crippen molar-refractivity contribution in [3.8, 4) is 0 Å². The third-order valence-electron chi connectivity index (χ3n) is 4.73. The first-order chi connectivity index (χ1) is 11.6. The molecule has 6 nitrogen and oxygen atoms in total. The van der Waals surface area contributed by atoms with Gasteiger partial charge in [0.2, 0.25) is 0 Å². The summed E-state index contributed by atoms with van der Waals surface area (Å²) < 4.78 is 0. The zero-order valence-corrected chi connectivity index (χ0v) is 14.5. The van der Waals surface area contributed by atoms with E-state index in [1.54, 1.807) is 21.9 Å². The Labute approximate surface area is 147 Å². The summed E-state index contributed by atoms with van der Waals surface area (Å²) >= 11 is 5.91. The van der Waals surface area contributed by atoms with Crippen molar-refractivity contribution in [1.29, 1.82) is 0 Å². The van der Waals surface area contributed by atoms with Crippen LogP contribution in [0.5, 0.6) is 0 Å². The molecular weight excluding hydrogens is 328 g/mol. The highest BCUT2D eigenvalue weighted by atomic mass is 35.5. The molecule has 24 heavy (non-hydrogen) atoms. The van der Waals surface area contributed by atoms with Crippen LogP contribution in [0.2, 0.25) is 5.02 Å². The zero-order valence-electron chi connectivity index (χ0n) is 13.7. The Bertz CT molecular complexity index is 596. The van der Waals surface area contributed by atoms with E-state index in [9.17, 15) is 9.59 Å². The summed E-state index contributed by atoms with van der Waals surface area (Å²) in [6.07, 6.45) is 7.34. The van der Waals surface area contributed by atoms with Crippen molar-refractivity contribution in [2.75, 3.05) is 26.2 Å². The van der Waals surface area contributed by atoms with Crippen LogP contribution in [0.4, 0.5) is 4.79 Å². The minimum atomic E-state index is -0.134. The third-order valence-corrected chi connectivity index (χ3v) is 4.96. The number of pyridine rings is 1. The zero-order chi connectivity index (χ0) is 16.9. The van der Waals surface area contributed by atoms with Crippen LogP contribution in [-0.4, -0.2) is 58.9 Å². The van der Waals surface area contributed by atoms with E-state index in [4.69, 9.17) is 11.6 Å². The van der Waals surface area contributed by atoms with Crippen molar-refractivity contribution in [3.63, 3.8) is 0 Å². The number of hydrogen-bond donors (Lipinski definition) is 1. The summed E-state index contributed by atoms with van der Waals surface area (Å²) in [5.74, 6) is -0.134. The van der Waals surface area contributed by atoms with Gasteiger partial charge in [0.15, 0.2) is 0 Å². The molecule has 130 valence electrons. The Morgan fingerprint density at radius 2 is 1.75 bits per heavy atom. The normalized spacial score (nSPS) is 19.2. The second-order valence-corrected chi connectivity index (χ2v) is 6.86. The van der Waals surface area contributed by atoms with Crippen molar-refractivity contribution in [3.05, 3.63) is 29.0 Å². The average Bonchev–Trinajstić information content (AvgIpc) is 2.62. The van der Waals surface area contributed by atoms with Gasteiger partial charge in [-0.15, -0.1) is 0 Å². The number of carbonyl (C=O) groups excluding carboxylic acids is 2. The molecule has 1 N–H and O–H groups in total. The molecule has 1 aliphatic carbocycles. The van der Waals surface area contributed by atoms with Crippen molar-refractivity contribution in [1.82, 2.24) is 20.1 Å². The van der Waals surface area contributed by atoms with Crippen LogP contribution in [0.3, 0.4) is 0 Å². The first-order valence-corrected chi connectivity index (χ1v) is 8.97. The monoisotopic (exact) mass is 350 g/mol. The molecule has 1 aliphatic heterocycles. The first kappa shape index (κ1) is 17.0. The van der Waals surface area contributed by atoms with Gasteiger partial charge in [-0.2, -0.15) is 0 Å². The summed E-state index contributed by atoms with van der Waals surface area (Å²) in [5.41, 5.74) is 0.350. The highest BCUT2D eigenvalue weighted by Gasteiger charge is 2.27. The van der Waals surface area contributed by atoms with E-state index in [0.29, 0.717) is 42.9 Å². The van der Waals surface area contributed by atoms with E-state index in [0.717, 1.165) is 12.8 Å².